The molecule has 3 amide bonds. The van der Waals surface area contributed by atoms with Crippen molar-refractivity contribution in [3.8, 4) is 11.5 Å². The number of halogens is 2. The molecule has 244 valence electrons. The summed E-state index contributed by atoms with van der Waals surface area (Å²) < 4.78 is 6.03. The highest BCUT2D eigenvalue weighted by atomic mass is 35.5. The first-order valence-corrected chi connectivity index (χ1v) is 17.0. The van der Waals surface area contributed by atoms with Gasteiger partial charge in [-0.15, -0.1) is 23.2 Å². The van der Waals surface area contributed by atoms with Crippen LogP contribution < -0.4 is 10.1 Å². The predicted molar refractivity (Wildman–Crippen MR) is 190 cm³/mol. The Morgan fingerprint density at radius 2 is 1.18 bits per heavy atom. The van der Waals surface area contributed by atoms with Gasteiger partial charge in [-0.25, -0.2) is 0 Å². The van der Waals surface area contributed by atoms with Gasteiger partial charge in [0.05, 0.1) is 11.8 Å². The summed E-state index contributed by atoms with van der Waals surface area (Å²) >= 11 is 15.3. The fourth-order valence-corrected chi connectivity index (χ4v) is 8.98. The SMILES string of the molecule is Cc1ccc(Oc2ccc(NC(=O)[C@H](Cc3ccccc3)N3C(=O)[C@@H]4[C@@H](C3=O)C3(Cl)c5ccccc5C4(Cl)c4ccccc43)cc2)cc1C. The van der Waals surface area contributed by atoms with Crippen molar-refractivity contribution in [3.63, 3.8) is 0 Å². The smallest absolute Gasteiger partial charge is 0.248 e. The Kier molecular flexibility index (Phi) is 7.43. The Morgan fingerprint density at radius 3 is 1.69 bits per heavy atom. The number of benzene rings is 5. The molecule has 9 rings (SSSR count). The van der Waals surface area contributed by atoms with Crippen molar-refractivity contribution in [2.75, 3.05) is 5.32 Å². The van der Waals surface area contributed by atoms with E-state index in [9.17, 15) is 14.4 Å². The Labute approximate surface area is 294 Å². The van der Waals surface area contributed by atoms with E-state index >= 15 is 0 Å². The van der Waals surface area contributed by atoms with Crippen molar-refractivity contribution < 1.29 is 19.1 Å². The van der Waals surface area contributed by atoms with Gasteiger partial charge in [0, 0.05) is 12.1 Å². The van der Waals surface area contributed by atoms with Gasteiger partial charge in [0.2, 0.25) is 17.7 Å². The van der Waals surface area contributed by atoms with Gasteiger partial charge in [-0.05, 0) is 89.2 Å². The highest BCUT2D eigenvalue weighted by Crippen LogP contribution is 2.69. The number of likely N-dealkylation sites (tertiary alicyclic amines) is 1. The van der Waals surface area contributed by atoms with Crippen molar-refractivity contribution in [2.45, 2.75) is 36.1 Å². The summed E-state index contributed by atoms with van der Waals surface area (Å²) in [5, 5.41) is 2.95. The average Bonchev–Trinajstić information content (AvgIpc) is 3.39. The first-order valence-electron chi connectivity index (χ1n) is 16.3. The second kappa shape index (κ2) is 11.6. The summed E-state index contributed by atoms with van der Waals surface area (Å²) in [5.41, 5.74) is 6.43. The fraction of sp³-hybridized carbons (Fsp3) is 0.195. The monoisotopic (exact) mass is 686 g/mol. The van der Waals surface area contributed by atoms with Crippen molar-refractivity contribution >= 4 is 46.6 Å². The largest absolute Gasteiger partial charge is 0.457 e. The van der Waals surface area contributed by atoms with Crippen molar-refractivity contribution in [1.82, 2.24) is 4.90 Å². The van der Waals surface area contributed by atoms with Gasteiger partial charge in [-0.3, -0.25) is 19.3 Å². The minimum atomic E-state index is -1.34. The molecule has 1 aliphatic heterocycles. The van der Waals surface area contributed by atoms with Gasteiger partial charge in [-0.1, -0.05) is 84.9 Å². The molecule has 8 heteroatoms. The third-order valence-electron chi connectivity index (χ3n) is 10.3. The molecule has 3 aliphatic carbocycles. The van der Waals surface area contributed by atoms with Gasteiger partial charge in [0.25, 0.3) is 0 Å². The molecule has 1 N–H and O–H groups in total. The molecule has 0 saturated carbocycles. The molecule has 4 aliphatic rings. The first kappa shape index (κ1) is 31.4. The molecule has 6 nitrogen and oxygen atoms in total. The molecule has 5 aromatic carbocycles. The Hall–Kier alpha value is -4.91. The summed E-state index contributed by atoms with van der Waals surface area (Å²) in [7, 11) is 0. The molecular weight excluding hydrogens is 655 g/mol. The van der Waals surface area contributed by atoms with E-state index in [0.717, 1.165) is 16.0 Å². The number of ether oxygens (including phenoxy) is 1. The topological polar surface area (TPSA) is 75.7 Å². The van der Waals surface area contributed by atoms with E-state index in [1.165, 1.54) is 5.56 Å². The zero-order valence-electron chi connectivity index (χ0n) is 26.8. The molecule has 1 saturated heterocycles. The molecule has 3 atom stereocenters. The van der Waals surface area contributed by atoms with Crippen LogP contribution in [0.5, 0.6) is 11.5 Å². The molecule has 2 bridgehead atoms. The normalized spacial score (nSPS) is 23.8. The van der Waals surface area contributed by atoms with Gasteiger partial charge in [0.15, 0.2) is 0 Å². The molecule has 0 aromatic heterocycles. The highest BCUT2D eigenvalue weighted by molar-refractivity contribution is 6.36. The van der Waals surface area contributed by atoms with Crippen LogP contribution in [-0.4, -0.2) is 28.7 Å². The number of nitrogens with one attached hydrogen (secondary N) is 1. The second-order valence-corrected chi connectivity index (χ2v) is 14.3. The number of hydrogen-bond acceptors (Lipinski definition) is 4. The maximum absolute atomic E-state index is 14.7. The maximum Gasteiger partial charge on any atom is 0.248 e. The van der Waals surface area contributed by atoms with E-state index in [4.69, 9.17) is 27.9 Å². The third-order valence-corrected chi connectivity index (χ3v) is 11.6. The van der Waals surface area contributed by atoms with Crippen molar-refractivity contribution in [3.05, 3.63) is 160 Å². The van der Waals surface area contributed by atoms with E-state index in [0.29, 0.717) is 39.4 Å². The summed E-state index contributed by atoms with van der Waals surface area (Å²) in [6.07, 6.45) is 0.113. The van der Waals surface area contributed by atoms with E-state index in [2.05, 4.69) is 5.32 Å². The van der Waals surface area contributed by atoms with E-state index < -0.39 is 45.3 Å². The minimum Gasteiger partial charge on any atom is -0.457 e. The lowest BCUT2D eigenvalue weighted by Crippen LogP contribution is -2.57. The summed E-state index contributed by atoms with van der Waals surface area (Å²) in [6, 6.07) is 36.1. The fourth-order valence-electron chi connectivity index (χ4n) is 7.88. The van der Waals surface area contributed by atoms with Gasteiger partial charge in [-0.2, -0.15) is 0 Å². The van der Waals surface area contributed by atoms with Crippen LogP contribution in [-0.2, 0) is 30.6 Å². The average molecular weight is 688 g/mol. The maximum atomic E-state index is 14.7. The number of amides is 3. The van der Waals surface area contributed by atoms with E-state index in [-0.39, 0.29) is 6.42 Å². The lowest BCUT2D eigenvalue weighted by atomic mass is 9.54. The Balaban J connectivity index is 1.14. The number of imide groups is 1. The number of carbonyl (C=O) groups is 3. The molecule has 0 unspecified atom stereocenters. The number of nitrogens with zero attached hydrogens (tertiary/aromatic N) is 1. The number of anilines is 1. The zero-order chi connectivity index (χ0) is 34.1. The predicted octanol–water partition coefficient (Wildman–Crippen LogP) is 8.24. The molecule has 0 spiro atoms. The van der Waals surface area contributed by atoms with Crippen LogP contribution in [0.4, 0.5) is 5.69 Å². The number of alkyl halides is 2. The quantitative estimate of drug-likeness (QED) is 0.138. The van der Waals surface area contributed by atoms with E-state index in [1.807, 2.05) is 111 Å². The van der Waals surface area contributed by atoms with Crippen LogP contribution in [0.3, 0.4) is 0 Å². The molecule has 1 heterocycles. The number of aryl methyl sites for hydroxylation is 2. The van der Waals surface area contributed by atoms with Crippen molar-refractivity contribution in [2.24, 2.45) is 11.8 Å². The van der Waals surface area contributed by atoms with Crippen LogP contribution in [0.2, 0.25) is 0 Å². The Morgan fingerprint density at radius 1 is 0.694 bits per heavy atom. The first-order chi connectivity index (χ1) is 23.6. The van der Waals surface area contributed by atoms with Crippen LogP contribution in [0, 0.1) is 25.7 Å². The van der Waals surface area contributed by atoms with E-state index in [1.54, 1.807) is 24.3 Å². The molecular formula is C41H32Cl2N2O4. The van der Waals surface area contributed by atoms with Crippen LogP contribution >= 0.6 is 23.2 Å². The second-order valence-electron chi connectivity index (χ2n) is 13.1. The van der Waals surface area contributed by atoms with Gasteiger partial charge < -0.3 is 10.1 Å². The number of rotatable bonds is 7. The number of hydrogen-bond donors (Lipinski definition) is 1. The van der Waals surface area contributed by atoms with Crippen LogP contribution in [0.1, 0.15) is 38.9 Å². The van der Waals surface area contributed by atoms with Gasteiger partial charge in [0.1, 0.15) is 27.3 Å². The summed E-state index contributed by atoms with van der Waals surface area (Å²) in [4.78, 5) is 42.2. The minimum absolute atomic E-state index is 0.113. The van der Waals surface area contributed by atoms with Crippen molar-refractivity contribution in [1.29, 1.82) is 0 Å². The lowest BCUT2D eigenvalue weighted by molar-refractivity contribution is -0.146. The van der Waals surface area contributed by atoms with Gasteiger partial charge >= 0.3 is 0 Å². The lowest BCUT2D eigenvalue weighted by Gasteiger charge is -2.54. The molecule has 0 radical (unpaired) electrons. The number of carbonyl (C=O) groups excluding carboxylic acids is 3. The standard InChI is InChI=1S/C41H32Cl2N2O4/c1-24-16-19-29(22-25(24)2)49-28-20-17-27(18-21-28)44-37(46)34(23-26-10-4-3-5-11-26)45-38(47)35-36(39(45)48)41(43)31-13-7-6-12-30(31)40(35,42)32-14-8-9-15-33(32)41/h3-22,34-36H,23H2,1-2H3,(H,44,46)/t34-,35-,36-,40?,41?/m0/s1. The highest BCUT2D eigenvalue weighted by Gasteiger charge is 2.73. The zero-order valence-corrected chi connectivity index (χ0v) is 28.3. The Bertz CT molecular complexity index is 2030. The molecule has 5 aromatic rings. The molecule has 1 fully saturated rings. The molecule has 49 heavy (non-hydrogen) atoms. The third kappa shape index (κ3) is 4.72. The van der Waals surface area contributed by atoms with Crippen LogP contribution in [0.25, 0.3) is 0 Å². The summed E-state index contributed by atoms with van der Waals surface area (Å²) in [6.45, 7) is 4.07. The summed E-state index contributed by atoms with van der Waals surface area (Å²) in [5.74, 6) is -2.21. The van der Waals surface area contributed by atoms with Crippen LogP contribution in [0.15, 0.2) is 121 Å².